The standard InChI is InChI=1S/C11H12FNO/c1-7-3-4-9(12)5-10(7)11(14)8(2)6-13/h3-5,8,11,14H,1-2H3. The topological polar surface area (TPSA) is 44.0 Å². The fourth-order valence-electron chi connectivity index (χ4n) is 1.27. The number of hydrogen-bond donors (Lipinski definition) is 1. The van der Waals surface area contributed by atoms with Gasteiger partial charge < -0.3 is 5.11 Å². The lowest BCUT2D eigenvalue weighted by Gasteiger charge is -2.15. The van der Waals surface area contributed by atoms with Crippen molar-refractivity contribution >= 4 is 0 Å². The SMILES string of the molecule is Cc1ccc(F)cc1C(O)C(C)C#N. The van der Waals surface area contributed by atoms with Crippen LogP contribution < -0.4 is 0 Å². The van der Waals surface area contributed by atoms with Gasteiger partial charge in [-0.2, -0.15) is 5.26 Å². The average Bonchev–Trinajstić information content (AvgIpc) is 2.19. The Morgan fingerprint density at radius 2 is 2.14 bits per heavy atom. The molecular weight excluding hydrogens is 181 g/mol. The predicted octanol–water partition coefficient (Wildman–Crippen LogP) is 2.33. The molecule has 3 heteroatoms. The average molecular weight is 193 g/mol. The van der Waals surface area contributed by atoms with Crippen molar-refractivity contribution in [3.63, 3.8) is 0 Å². The molecule has 0 spiro atoms. The molecule has 0 aliphatic rings. The van der Waals surface area contributed by atoms with Crippen LogP contribution in [0.2, 0.25) is 0 Å². The van der Waals surface area contributed by atoms with Crippen molar-refractivity contribution in [2.24, 2.45) is 5.92 Å². The number of hydrogen-bond acceptors (Lipinski definition) is 2. The predicted molar refractivity (Wildman–Crippen MR) is 50.9 cm³/mol. The Labute approximate surface area is 82.6 Å². The number of benzene rings is 1. The normalized spacial score (nSPS) is 14.5. The molecule has 0 aromatic heterocycles. The first-order valence-corrected chi connectivity index (χ1v) is 4.40. The quantitative estimate of drug-likeness (QED) is 0.783. The van der Waals surface area contributed by atoms with Crippen LogP contribution in [0.25, 0.3) is 0 Å². The Hall–Kier alpha value is -1.40. The molecule has 0 bridgehead atoms. The Balaban J connectivity index is 3.07. The summed E-state index contributed by atoms with van der Waals surface area (Å²) < 4.78 is 12.9. The van der Waals surface area contributed by atoms with Crippen LogP contribution in [0, 0.1) is 30.0 Å². The summed E-state index contributed by atoms with van der Waals surface area (Å²) >= 11 is 0. The van der Waals surface area contributed by atoms with Gasteiger partial charge in [-0.25, -0.2) is 4.39 Å². The molecule has 1 rings (SSSR count). The highest BCUT2D eigenvalue weighted by atomic mass is 19.1. The zero-order chi connectivity index (χ0) is 10.7. The van der Waals surface area contributed by atoms with Gasteiger partial charge in [0, 0.05) is 0 Å². The molecule has 0 radical (unpaired) electrons. The van der Waals surface area contributed by atoms with Gasteiger partial charge in [0.2, 0.25) is 0 Å². The molecule has 14 heavy (non-hydrogen) atoms. The van der Waals surface area contributed by atoms with E-state index in [2.05, 4.69) is 0 Å². The molecule has 0 aliphatic carbocycles. The fourth-order valence-corrected chi connectivity index (χ4v) is 1.27. The fraction of sp³-hybridized carbons (Fsp3) is 0.364. The smallest absolute Gasteiger partial charge is 0.123 e. The number of aliphatic hydroxyl groups excluding tert-OH is 1. The maximum atomic E-state index is 12.9. The van der Waals surface area contributed by atoms with Crippen LogP contribution in [-0.4, -0.2) is 5.11 Å². The number of rotatable bonds is 2. The van der Waals surface area contributed by atoms with Crippen LogP contribution in [0.15, 0.2) is 18.2 Å². The van der Waals surface area contributed by atoms with Gasteiger partial charge in [-0.05, 0) is 37.1 Å². The summed E-state index contributed by atoms with van der Waals surface area (Å²) in [5, 5.41) is 18.3. The van der Waals surface area contributed by atoms with Gasteiger partial charge in [0.15, 0.2) is 0 Å². The van der Waals surface area contributed by atoms with Gasteiger partial charge in [-0.3, -0.25) is 0 Å². The number of halogens is 1. The molecule has 1 aromatic rings. The molecule has 0 amide bonds. The van der Waals surface area contributed by atoms with E-state index in [-0.39, 0.29) is 0 Å². The van der Waals surface area contributed by atoms with Crippen molar-refractivity contribution in [2.45, 2.75) is 20.0 Å². The van der Waals surface area contributed by atoms with Gasteiger partial charge in [0.1, 0.15) is 5.82 Å². The molecule has 0 aliphatic heterocycles. The van der Waals surface area contributed by atoms with E-state index in [0.29, 0.717) is 5.56 Å². The largest absolute Gasteiger partial charge is 0.387 e. The third-order valence-corrected chi connectivity index (χ3v) is 2.24. The number of aliphatic hydroxyl groups is 1. The summed E-state index contributed by atoms with van der Waals surface area (Å²) in [7, 11) is 0. The highest BCUT2D eigenvalue weighted by molar-refractivity contribution is 5.29. The minimum absolute atomic E-state index is 0.394. The van der Waals surface area contributed by atoms with Gasteiger partial charge in [0.25, 0.3) is 0 Å². The molecule has 0 saturated carbocycles. The minimum atomic E-state index is -0.921. The third-order valence-electron chi connectivity index (χ3n) is 2.24. The van der Waals surface area contributed by atoms with Crippen molar-refractivity contribution in [3.05, 3.63) is 35.1 Å². The van der Waals surface area contributed by atoms with Crippen molar-refractivity contribution in [2.75, 3.05) is 0 Å². The second-order valence-corrected chi connectivity index (χ2v) is 3.36. The first-order chi connectivity index (χ1) is 6.56. The van der Waals surface area contributed by atoms with Crippen LogP contribution in [-0.2, 0) is 0 Å². The molecule has 1 aromatic carbocycles. The Morgan fingerprint density at radius 1 is 1.50 bits per heavy atom. The highest BCUT2D eigenvalue weighted by Gasteiger charge is 2.17. The summed E-state index contributed by atoms with van der Waals surface area (Å²) in [6.45, 7) is 3.39. The molecule has 0 heterocycles. The second-order valence-electron chi connectivity index (χ2n) is 3.36. The second kappa shape index (κ2) is 4.21. The van der Waals surface area contributed by atoms with Crippen LogP contribution in [0.1, 0.15) is 24.2 Å². The minimum Gasteiger partial charge on any atom is -0.387 e. The molecular formula is C11H12FNO. The zero-order valence-corrected chi connectivity index (χ0v) is 8.16. The molecule has 1 N–H and O–H groups in total. The molecule has 2 nitrogen and oxygen atoms in total. The van der Waals surface area contributed by atoms with Gasteiger partial charge in [0.05, 0.1) is 18.1 Å². The van der Waals surface area contributed by atoms with Crippen molar-refractivity contribution in [3.8, 4) is 6.07 Å². The van der Waals surface area contributed by atoms with E-state index in [1.807, 2.05) is 6.07 Å². The number of aryl methyl sites for hydroxylation is 1. The first-order valence-electron chi connectivity index (χ1n) is 4.40. The maximum absolute atomic E-state index is 12.9. The number of nitrogens with zero attached hydrogens (tertiary/aromatic N) is 1. The Morgan fingerprint density at radius 3 is 2.71 bits per heavy atom. The van der Waals surface area contributed by atoms with Crippen LogP contribution in [0.3, 0.4) is 0 Å². The third kappa shape index (κ3) is 2.09. The van der Waals surface area contributed by atoms with Gasteiger partial charge in [-0.15, -0.1) is 0 Å². The van der Waals surface area contributed by atoms with Crippen molar-refractivity contribution in [1.82, 2.24) is 0 Å². The van der Waals surface area contributed by atoms with Crippen LogP contribution in [0.5, 0.6) is 0 Å². The van der Waals surface area contributed by atoms with Crippen LogP contribution >= 0.6 is 0 Å². The molecule has 0 fully saturated rings. The van der Waals surface area contributed by atoms with E-state index < -0.39 is 17.8 Å². The van der Waals surface area contributed by atoms with E-state index >= 15 is 0 Å². The Kier molecular flexibility index (Phi) is 3.21. The highest BCUT2D eigenvalue weighted by Crippen LogP contribution is 2.24. The lowest BCUT2D eigenvalue weighted by molar-refractivity contribution is 0.141. The molecule has 74 valence electrons. The van der Waals surface area contributed by atoms with Crippen molar-refractivity contribution < 1.29 is 9.50 Å². The molecule has 2 atom stereocenters. The molecule has 0 saturated heterocycles. The van der Waals surface area contributed by atoms with Crippen LogP contribution in [0.4, 0.5) is 4.39 Å². The summed E-state index contributed by atoms with van der Waals surface area (Å²) in [5.41, 5.74) is 1.28. The van der Waals surface area contributed by atoms with E-state index in [4.69, 9.17) is 5.26 Å². The Bertz CT molecular complexity index is 370. The number of nitriles is 1. The monoisotopic (exact) mass is 193 g/mol. The maximum Gasteiger partial charge on any atom is 0.123 e. The van der Waals surface area contributed by atoms with E-state index in [1.54, 1.807) is 19.9 Å². The summed E-state index contributed by atoms with van der Waals surface area (Å²) in [6.07, 6.45) is -0.921. The van der Waals surface area contributed by atoms with Gasteiger partial charge >= 0.3 is 0 Å². The summed E-state index contributed by atoms with van der Waals surface area (Å²) in [6, 6.07) is 6.14. The first kappa shape index (κ1) is 10.7. The van der Waals surface area contributed by atoms with E-state index in [9.17, 15) is 9.50 Å². The molecule has 2 unspecified atom stereocenters. The lowest BCUT2D eigenvalue weighted by Crippen LogP contribution is -2.08. The van der Waals surface area contributed by atoms with E-state index in [1.165, 1.54) is 12.1 Å². The lowest BCUT2D eigenvalue weighted by atomic mass is 9.95. The summed E-state index contributed by atoms with van der Waals surface area (Å²) in [5.74, 6) is -0.926. The zero-order valence-electron chi connectivity index (χ0n) is 8.16. The van der Waals surface area contributed by atoms with E-state index in [0.717, 1.165) is 5.56 Å². The summed E-state index contributed by atoms with van der Waals surface area (Å²) in [4.78, 5) is 0. The van der Waals surface area contributed by atoms with Gasteiger partial charge in [-0.1, -0.05) is 6.07 Å². The van der Waals surface area contributed by atoms with Crippen molar-refractivity contribution in [1.29, 1.82) is 5.26 Å².